The predicted molar refractivity (Wildman–Crippen MR) is 196 cm³/mol. The van der Waals surface area contributed by atoms with E-state index in [1.54, 1.807) is 24.3 Å². The van der Waals surface area contributed by atoms with Crippen molar-refractivity contribution in [3.05, 3.63) is 169 Å². The molecule has 8 aromatic rings. The second-order valence-electron chi connectivity index (χ2n) is 12.0. The number of carbonyl (C=O) groups is 2. The van der Waals surface area contributed by atoms with Gasteiger partial charge in [0.2, 0.25) is 6.29 Å². The summed E-state index contributed by atoms with van der Waals surface area (Å²) in [5.41, 5.74) is 0.918. The molecule has 0 saturated heterocycles. The first-order valence-electron chi connectivity index (χ1n) is 16.3. The standard InChI is InChI=1S/C44H30O6/c1-28(47-37-22-20-31-24-35(18-16-33(31)26-37)43(45)49-41-14-6-10-29-8-2-4-12-39(29)41)48-38-23-21-32-25-36(19-17-34(32)27-38)44(46)50-42-15-7-11-30-9-3-5-13-40(30)42/h2-28H,1H3. The molecule has 6 nitrogen and oxygen atoms in total. The molecule has 0 aromatic heterocycles. The molecule has 6 heteroatoms. The number of hydrogen-bond acceptors (Lipinski definition) is 6. The number of fused-ring (bicyclic) bond motifs is 4. The summed E-state index contributed by atoms with van der Waals surface area (Å²) in [6.45, 7) is 1.83. The molecule has 242 valence electrons. The second kappa shape index (κ2) is 13.1. The minimum atomic E-state index is -0.588. The van der Waals surface area contributed by atoms with E-state index in [0.717, 1.165) is 43.1 Å². The SMILES string of the molecule is CC(Oc1ccc2cc(C(=O)Oc3cccc4ccccc34)ccc2c1)Oc1ccc2cc(C(=O)Oc3cccc4ccccc34)ccc2c1. The van der Waals surface area contributed by atoms with Crippen LogP contribution in [-0.2, 0) is 0 Å². The lowest BCUT2D eigenvalue weighted by Gasteiger charge is -2.17. The molecule has 50 heavy (non-hydrogen) atoms. The molecule has 0 aliphatic heterocycles. The van der Waals surface area contributed by atoms with Gasteiger partial charge in [0.05, 0.1) is 11.1 Å². The zero-order valence-corrected chi connectivity index (χ0v) is 27.0. The molecule has 0 bridgehead atoms. The second-order valence-corrected chi connectivity index (χ2v) is 12.0. The van der Waals surface area contributed by atoms with Gasteiger partial charge < -0.3 is 18.9 Å². The van der Waals surface area contributed by atoms with E-state index in [1.807, 2.05) is 140 Å². The third kappa shape index (κ3) is 6.30. The van der Waals surface area contributed by atoms with Crippen LogP contribution in [0, 0.1) is 0 Å². The van der Waals surface area contributed by atoms with Crippen LogP contribution in [0.25, 0.3) is 43.1 Å². The van der Waals surface area contributed by atoms with Crippen molar-refractivity contribution in [1.29, 1.82) is 0 Å². The van der Waals surface area contributed by atoms with E-state index >= 15 is 0 Å². The van der Waals surface area contributed by atoms with Gasteiger partial charge in [0.25, 0.3) is 0 Å². The highest BCUT2D eigenvalue weighted by Gasteiger charge is 2.15. The molecule has 0 heterocycles. The van der Waals surface area contributed by atoms with Crippen LogP contribution < -0.4 is 18.9 Å². The van der Waals surface area contributed by atoms with Crippen molar-refractivity contribution >= 4 is 55.0 Å². The molecule has 0 radical (unpaired) electrons. The van der Waals surface area contributed by atoms with E-state index in [9.17, 15) is 9.59 Å². The first kappa shape index (κ1) is 30.7. The molecular weight excluding hydrogens is 624 g/mol. The lowest BCUT2D eigenvalue weighted by molar-refractivity contribution is 0.0225. The smallest absolute Gasteiger partial charge is 0.343 e. The van der Waals surface area contributed by atoms with Crippen LogP contribution in [0.3, 0.4) is 0 Å². The summed E-state index contributed by atoms with van der Waals surface area (Å²) in [7, 11) is 0. The average Bonchev–Trinajstić information content (AvgIpc) is 3.14. The van der Waals surface area contributed by atoms with Gasteiger partial charge in [-0.1, -0.05) is 97.1 Å². The van der Waals surface area contributed by atoms with E-state index < -0.39 is 18.2 Å². The molecule has 0 fully saturated rings. The maximum absolute atomic E-state index is 13.0. The fourth-order valence-corrected chi connectivity index (χ4v) is 6.14. The average molecular weight is 655 g/mol. The van der Waals surface area contributed by atoms with Crippen molar-refractivity contribution in [1.82, 2.24) is 0 Å². The highest BCUT2D eigenvalue weighted by atomic mass is 16.7. The molecule has 0 unspecified atom stereocenters. The van der Waals surface area contributed by atoms with E-state index in [1.165, 1.54) is 0 Å². The number of benzene rings is 8. The molecule has 0 atom stereocenters. The maximum atomic E-state index is 13.0. The fraction of sp³-hybridized carbons (Fsp3) is 0.0455. The molecular formula is C44H30O6. The van der Waals surface area contributed by atoms with Gasteiger partial charge in [-0.2, -0.15) is 0 Å². The van der Waals surface area contributed by atoms with Crippen LogP contribution in [0.15, 0.2) is 158 Å². The fourth-order valence-electron chi connectivity index (χ4n) is 6.14. The molecule has 0 amide bonds. The van der Waals surface area contributed by atoms with Crippen molar-refractivity contribution in [2.45, 2.75) is 13.2 Å². The van der Waals surface area contributed by atoms with Gasteiger partial charge >= 0.3 is 11.9 Å². The summed E-state index contributed by atoms with van der Waals surface area (Å²) in [5.74, 6) is 1.48. The third-order valence-electron chi connectivity index (χ3n) is 8.60. The number of esters is 2. The van der Waals surface area contributed by atoms with E-state index in [-0.39, 0.29) is 0 Å². The lowest BCUT2D eigenvalue weighted by Crippen LogP contribution is -2.19. The van der Waals surface area contributed by atoms with Crippen LogP contribution >= 0.6 is 0 Å². The normalized spacial score (nSPS) is 11.2. The van der Waals surface area contributed by atoms with Gasteiger partial charge in [0.1, 0.15) is 23.0 Å². The molecule has 0 aliphatic carbocycles. The molecule has 0 aliphatic rings. The first-order valence-corrected chi connectivity index (χ1v) is 16.3. The lowest BCUT2D eigenvalue weighted by atomic mass is 10.1. The summed E-state index contributed by atoms with van der Waals surface area (Å²) in [5, 5.41) is 7.38. The number of hydrogen-bond donors (Lipinski definition) is 0. The quantitative estimate of drug-likeness (QED) is 0.0922. The van der Waals surface area contributed by atoms with Crippen molar-refractivity contribution in [3.8, 4) is 23.0 Å². The number of carbonyl (C=O) groups excluding carboxylic acids is 2. The molecule has 8 rings (SSSR count). The zero-order valence-electron chi connectivity index (χ0n) is 27.0. The van der Waals surface area contributed by atoms with Crippen molar-refractivity contribution in [2.24, 2.45) is 0 Å². The zero-order chi connectivity index (χ0) is 34.0. The van der Waals surface area contributed by atoms with Gasteiger partial charge in [-0.05, 0) is 93.0 Å². The van der Waals surface area contributed by atoms with E-state index in [2.05, 4.69) is 0 Å². The highest BCUT2D eigenvalue weighted by Crippen LogP contribution is 2.30. The van der Waals surface area contributed by atoms with Crippen LogP contribution in [-0.4, -0.2) is 18.2 Å². The number of ether oxygens (including phenoxy) is 4. The van der Waals surface area contributed by atoms with Crippen LogP contribution in [0.2, 0.25) is 0 Å². The Kier molecular flexibility index (Phi) is 8.03. The highest BCUT2D eigenvalue weighted by molar-refractivity contribution is 6.00. The van der Waals surface area contributed by atoms with Crippen molar-refractivity contribution in [2.75, 3.05) is 0 Å². The van der Waals surface area contributed by atoms with Gasteiger partial charge in [0, 0.05) is 17.7 Å². The molecule has 8 aromatic carbocycles. The third-order valence-corrected chi connectivity index (χ3v) is 8.60. The topological polar surface area (TPSA) is 71.1 Å². The summed E-state index contributed by atoms with van der Waals surface area (Å²) in [6, 6.07) is 49.2. The van der Waals surface area contributed by atoms with Gasteiger partial charge in [-0.15, -0.1) is 0 Å². The Morgan fingerprint density at radius 1 is 0.420 bits per heavy atom. The molecule has 0 spiro atoms. The molecule has 0 saturated carbocycles. The summed E-state index contributed by atoms with van der Waals surface area (Å²) in [4.78, 5) is 26.1. The van der Waals surface area contributed by atoms with E-state index in [4.69, 9.17) is 18.9 Å². The van der Waals surface area contributed by atoms with E-state index in [0.29, 0.717) is 34.1 Å². The van der Waals surface area contributed by atoms with Crippen LogP contribution in [0.5, 0.6) is 23.0 Å². The summed E-state index contributed by atoms with van der Waals surface area (Å²) < 4.78 is 23.7. The maximum Gasteiger partial charge on any atom is 0.343 e. The minimum Gasteiger partial charge on any atom is -0.455 e. The Labute approximate surface area is 288 Å². The minimum absolute atomic E-state index is 0.418. The Morgan fingerprint density at radius 2 is 0.820 bits per heavy atom. The Hall–Kier alpha value is -6.66. The van der Waals surface area contributed by atoms with Gasteiger partial charge in [-0.25, -0.2) is 9.59 Å². The van der Waals surface area contributed by atoms with Crippen LogP contribution in [0.4, 0.5) is 0 Å². The Bertz CT molecular complexity index is 2380. The summed E-state index contributed by atoms with van der Waals surface area (Å²) >= 11 is 0. The van der Waals surface area contributed by atoms with Crippen molar-refractivity contribution < 1.29 is 28.5 Å². The van der Waals surface area contributed by atoms with Gasteiger partial charge in [0.15, 0.2) is 0 Å². The predicted octanol–water partition coefficient (Wildman–Crippen LogP) is 10.5. The van der Waals surface area contributed by atoms with Crippen LogP contribution in [0.1, 0.15) is 27.6 Å². The Morgan fingerprint density at radius 3 is 1.30 bits per heavy atom. The number of rotatable bonds is 8. The summed E-state index contributed by atoms with van der Waals surface area (Å²) in [6.07, 6.45) is -0.588. The first-order chi connectivity index (χ1) is 24.5. The largest absolute Gasteiger partial charge is 0.455 e. The Balaban J connectivity index is 0.916. The molecule has 0 N–H and O–H groups in total. The monoisotopic (exact) mass is 654 g/mol. The van der Waals surface area contributed by atoms with Crippen molar-refractivity contribution in [3.63, 3.8) is 0 Å². The van der Waals surface area contributed by atoms with Gasteiger partial charge in [-0.3, -0.25) is 0 Å².